The van der Waals surface area contributed by atoms with Crippen LogP contribution in [-0.4, -0.2) is 17.2 Å². The molecule has 0 aliphatic heterocycles. The van der Waals surface area contributed by atoms with Crippen molar-refractivity contribution in [2.24, 2.45) is 0 Å². The third-order valence-corrected chi connectivity index (χ3v) is 2.65. The van der Waals surface area contributed by atoms with E-state index in [1.165, 1.54) is 0 Å². The van der Waals surface area contributed by atoms with Crippen LogP contribution in [0.3, 0.4) is 0 Å². The maximum Gasteiger partial charge on any atom is 0.489 e. The van der Waals surface area contributed by atoms with Gasteiger partial charge in [-0.15, -0.1) is 0 Å². The van der Waals surface area contributed by atoms with E-state index in [9.17, 15) is 0 Å². The Morgan fingerprint density at radius 2 is 1.71 bits per heavy atom. The zero-order chi connectivity index (χ0) is 10.7. The van der Waals surface area contributed by atoms with E-state index in [0.717, 1.165) is 10.0 Å². The minimum absolute atomic E-state index is 0.429. The molecule has 0 atom stereocenters. The number of hydrogen-bond acceptors (Lipinski definition) is 2. The summed E-state index contributed by atoms with van der Waals surface area (Å²) in [5.74, 6) is 0. The van der Waals surface area contributed by atoms with Gasteiger partial charge in [-0.25, -0.2) is 0 Å². The average molecular weight is 253 g/mol. The number of benzene rings is 1. The summed E-state index contributed by atoms with van der Waals surface area (Å²) in [6, 6.07) is 3.39. The maximum atomic E-state index is 9.10. The average Bonchev–Trinajstić information content (AvgIpc) is 2.16. The molecular formula is C10H10BBrO2. The molecule has 0 heterocycles. The Morgan fingerprint density at radius 3 is 2.14 bits per heavy atom. The van der Waals surface area contributed by atoms with Gasteiger partial charge >= 0.3 is 7.12 Å². The van der Waals surface area contributed by atoms with Crippen LogP contribution in [0.5, 0.6) is 0 Å². The van der Waals surface area contributed by atoms with Gasteiger partial charge in [0, 0.05) is 4.47 Å². The molecule has 0 aliphatic carbocycles. The minimum atomic E-state index is -1.49. The molecule has 2 N–H and O–H groups in total. The van der Waals surface area contributed by atoms with Crippen LogP contribution in [0, 0.1) is 0 Å². The van der Waals surface area contributed by atoms with E-state index >= 15 is 0 Å². The fourth-order valence-corrected chi connectivity index (χ4v) is 1.79. The third-order valence-electron chi connectivity index (χ3n) is 1.95. The molecular weight excluding hydrogens is 243 g/mol. The number of rotatable bonds is 3. The normalized spacial score (nSPS) is 9.64. The lowest BCUT2D eigenvalue weighted by atomic mass is 9.75. The molecule has 1 aromatic rings. The Bertz CT molecular complexity index is 375. The van der Waals surface area contributed by atoms with E-state index in [-0.39, 0.29) is 0 Å². The molecule has 0 saturated carbocycles. The summed E-state index contributed by atoms with van der Waals surface area (Å²) in [5, 5.41) is 18.2. The van der Waals surface area contributed by atoms with Crippen molar-refractivity contribution in [2.45, 2.75) is 0 Å². The monoisotopic (exact) mass is 252 g/mol. The second-order valence-corrected chi connectivity index (χ2v) is 3.60. The Labute approximate surface area is 91.9 Å². The van der Waals surface area contributed by atoms with Gasteiger partial charge in [0.2, 0.25) is 0 Å². The van der Waals surface area contributed by atoms with Crippen molar-refractivity contribution in [1.82, 2.24) is 0 Å². The van der Waals surface area contributed by atoms with Crippen molar-refractivity contribution in [1.29, 1.82) is 0 Å². The molecule has 0 fully saturated rings. The summed E-state index contributed by atoms with van der Waals surface area (Å²) in [6.45, 7) is 7.29. The van der Waals surface area contributed by atoms with Crippen molar-refractivity contribution in [3.63, 3.8) is 0 Å². The lowest BCUT2D eigenvalue weighted by molar-refractivity contribution is 0.425. The van der Waals surface area contributed by atoms with Gasteiger partial charge in [0.25, 0.3) is 0 Å². The second-order valence-electron chi connectivity index (χ2n) is 2.75. The zero-order valence-electron chi connectivity index (χ0n) is 7.57. The van der Waals surface area contributed by atoms with Gasteiger partial charge in [0.15, 0.2) is 0 Å². The molecule has 72 valence electrons. The molecule has 0 aliphatic rings. The molecule has 0 aromatic heterocycles. The summed E-state index contributed by atoms with van der Waals surface area (Å²) in [6.07, 6.45) is 3.23. The quantitative estimate of drug-likeness (QED) is 0.799. The largest absolute Gasteiger partial charge is 0.489 e. The van der Waals surface area contributed by atoms with Crippen molar-refractivity contribution in [3.8, 4) is 0 Å². The fraction of sp³-hybridized carbons (Fsp3) is 0. The van der Waals surface area contributed by atoms with Gasteiger partial charge in [-0.2, -0.15) is 0 Å². The van der Waals surface area contributed by atoms with E-state index in [1.54, 1.807) is 24.3 Å². The predicted molar refractivity (Wildman–Crippen MR) is 64.1 cm³/mol. The molecule has 0 amide bonds. The molecule has 4 heteroatoms. The standard InChI is InChI=1S/C10H10BBrO2/c1-3-7-8(4-2)10(12)6-5-9(7)11(13)14/h3-6,13-14H,1-2H2. The fourth-order valence-electron chi connectivity index (χ4n) is 1.29. The highest BCUT2D eigenvalue weighted by atomic mass is 79.9. The summed E-state index contributed by atoms with van der Waals surface area (Å²) in [4.78, 5) is 0. The molecule has 1 rings (SSSR count). The lowest BCUT2D eigenvalue weighted by Gasteiger charge is -2.10. The SMILES string of the molecule is C=Cc1c(Br)ccc(B(O)O)c1C=C. The van der Waals surface area contributed by atoms with Gasteiger partial charge in [-0.1, -0.05) is 47.3 Å². The first kappa shape index (κ1) is 11.2. The summed E-state index contributed by atoms with van der Waals surface area (Å²) >= 11 is 3.35. The highest BCUT2D eigenvalue weighted by Crippen LogP contribution is 2.21. The predicted octanol–water partition coefficient (Wildman–Crippen LogP) is 1.41. The maximum absolute atomic E-state index is 9.10. The zero-order valence-corrected chi connectivity index (χ0v) is 9.16. The molecule has 0 unspecified atom stereocenters. The first-order valence-corrected chi connectivity index (χ1v) is 4.84. The highest BCUT2D eigenvalue weighted by Gasteiger charge is 2.17. The first-order valence-electron chi connectivity index (χ1n) is 4.05. The van der Waals surface area contributed by atoms with Crippen LogP contribution < -0.4 is 5.46 Å². The molecule has 14 heavy (non-hydrogen) atoms. The summed E-state index contributed by atoms with van der Waals surface area (Å²) < 4.78 is 0.854. The van der Waals surface area contributed by atoms with Gasteiger partial charge in [-0.3, -0.25) is 0 Å². The molecule has 0 saturated heterocycles. The molecule has 0 radical (unpaired) electrons. The topological polar surface area (TPSA) is 40.5 Å². The van der Waals surface area contributed by atoms with Gasteiger partial charge < -0.3 is 10.0 Å². The van der Waals surface area contributed by atoms with Crippen molar-refractivity contribution >= 4 is 40.7 Å². The van der Waals surface area contributed by atoms with Crippen LogP contribution in [0.15, 0.2) is 29.8 Å². The van der Waals surface area contributed by atoms with Crippen molar-refractivity contribution in [2.75, 3.05) is 0 Å². The van der Waals surface area contributed by atoms with Gasteiger partial charge in [-0.05, 0) is 22.7 Å². The Balaban J connectivity index is 3.48. The third kappa shape index (κ3) is 1.98. The number of halogens is 1. The van der Waals surface area contributed by atoms with Crippen molar-refractivity contribution < 1.29 is 10.0 Å². The molecule has 0 spiro atoms. The smallest absolute Gasteiger partial charge is 0.423 e. The molecule has 1 aromatic carbocycles. The Morgan fingerprint density at radius 1 is 1.14 bits per heavy atom. The van der Waals surface area contributed by atoms with Crippen LogP contribution in [-0.2, 0) is 0 Å². The van der Waals surface area contributed by atoms with Crippen LogP contribution in [0.25, 0.3) is 12.2 Å². The van der Waals surface area contributed by atoms with Crippen molar-refractivity contribution in [3.05, 3.63) is 40.9 Å². The van der Waals surface area contributed by atoms with Crippen LogP contribution in [0.1, 0.15) is 11.1 Å². The lowest BCUT2D eigenvalue weighted by Crippen LogP contribution is -2.32. The van der Waals surface area contributed by atoms with E-state index < -0.39 is 7.12 Å². The van der Waals surface area contributed by atoms with E-state index in [4.69, 9.17) is 10.0 Å². The summed E-state index contributed by atoms with van der Waals surface area (Å²) in [5.41, 5.74) is 1.92. The first-order chi connectivity index (χ1) is 6.61. The Hall–Kier alpha value is -0.835. The van der Waals surface area contributed by atoms with Crippen LogP contribution >= 0.6 is 15.9 Å². The van der Waals surface area contributed by atoms with E-state index in [1.807, 2.05) is 0 Å². The molecule has 2 nitrogen and oxygen atoms in total. The van der Waals surface area contributed by atoms with Gasteiger partial charge in [0.05, 0.1) is 0 Å². The van der Waals surface area contributed by atoms with E-state index in [0.29, 0.717) is 11.0 Å². The molecule has 0 bridgehead atoms. The van der Waals surface area contributed by atoms with Crippen LogP contribution in [0.2, 0.25) is 0 Å². The summed E-state index contributed by atoms with van der Waals surface area (Å²) in [7, 11) is -1.49. The highest BCUT2D eigenvalue weighted by molar-refractivity contribution is 9.10. The minimum Gasteiger partial charge on any atom is -0.423 e. The van der Waals surface area contributed by atoms with Gasteiger partial charge in [0.1, 0.15) is 0 Å². The van der Waals surface area contributed by atoms with E-state index in [2.05, 4.69) is 29.1 Å². The van der Waals surface area contributed by atoms with Crippen LogP contribution in [0.4, 0.5) is 0 Å². The Kier molecular flexibility index (Phi) is 3.69. The number of hydrogen-bond donors (Lipinski definition) is 2. The second kappa shape index (κ2) is 4.60.